The van der Waals surface area contributed by atoms with Gasteiger partial charge in [-0.2, -0.15) is 0 Å². The molecule has 2 aromatic heterocycles. The monoisotopic (exact) mass is 258 g/mol. The highest BCUT2D eigenvalue weighted by Crippen LogP contribution is 2.21. The van der Waals surface area contributed by atoms with Crippen LogP contribution in [0.4, 0.5) is 11.5 Å². The Morgan fingerprint density at radius 2 is 2.05 bits per heavy atom. The largest absolute Gasteiger partial charge is 0.481 e. The van der Waals surface area contributed by atoms with Crippen molar-refractivity contribution < 1.29 is 4.74 Å². The Kier molecular flexibility index (Phi) is 4.18. The minimum atomic E-state index is 0.623. The van der Waals surface area contributed by atoms with E-state index in [0.29, 0.717) is 12.4 Å². The van der Waals surface area contributed by atoms with E-state index in [9.17, 15) is 0 Å². The van der Waals surface area contributed by atoms with Gasteiger partial charge in [-0.25, -0.2) is 9.97 Å². The minimum Gasteiger partial charge on any atom is -0.481 e. The molecule has 0 bridgehead atoms. The molecule has 0 radical (unpaired) electrons. The molecule has 0 saturated carbocycles. The number of aromatic nitrogens is 2. The molecule has 0 unspecified atom stereocenters. The highest BCUT2D eigenvalue weighted by Gasteiger charge is 2.05. The van der Waals surface area contributed by atoms with Crippen LogP contribution in [0.2, 0.25) is 0 Å². The summed E-state index contributed by atoms with van der Waals surface area (Å²) in [6.45, 7) is 0.629. The summed E-state index contributed by atoms with van der Waals surface area (Å²) in [4.78, 5) is 10.7. The zero-order valence-electron chi connectivity index (χ0n) is 11.4. The van der Waals surface area contributed by atoms with E-state index in [1.807, 2.05) is 49.3 Å². The summed E-state index contributed by atoms with van der Waals surface area (Å²) < 4.78 is 5.11. The van der Waals surface area contributed by atoms with Crippen molar-refractivity contribution >= 4 is 11.5 Å². The van der Waals surface area contributed by atoms with Gasteiger partial charge in [-0.1, -0.05) is 6.07 Å². The Bertz CT molecular complexity index is 542. The maximum absolute atomic E-state index is 5.11. The predicted octanol–water partition coefficient (Wildman–Crippen LogP) is 2.16. The summed E-state index contributed by atoms with van der Waals surface area (Å²) in [5.41, 5.74) is 1.91. The average molecular weight is 258 g/mol. The molecular formula is C14H18N4O. The number of nitrogens with zero attached hydrogens (tertiary/aromatic N) is 3. The molecular weight excluding hydrogens is 240 g/mol. The van der Waals surface area contributed by atoms with Gasteiger partial charge in [0.15, 0.2) is 5.82 Å². The highest BCUT2D eigenvalue weighted by atomic mass is 16.5. The molecule has 100 valence electrons. The number of nitrogens with one attached hydrogen (secondary N) is 1. The van der Waals surface area contributed by atoms with E-state index in [1.54, 1.807) is 13.3 Å². The van der Waals surface area contributed by atoms with Crippen LogP contribution < -0.4 is 15.0 Å². The molecule has 1 N–H and O–H groups in total. The first-order valence-electron chi connectivity index (χ1n) is 6.07. The highest BCUT2D eigenvalue weighted by molar-refractivity contribution is 5.64. The van der Waals surface area contributed by atoms with Crippen LogP contribution in [-0.2, 0) is 6.54 Å². The van der Waals surface area contributed by atoms with E-state index in [-0.39, 0.29) is 0 Å². The fourth-order valence-corrected chi connectivity index (χ4v) is 1.75. The van der Waals surface area contributed by atoms with Gasteiger partial charge in [-0.05, 0) is 18.2 Å². The van der Waals surface area contributed by atoms with Gasteiger partial charge in [0.05, 0.1) is 25.0 Å². The number of ether oxygens (including phenoxy) is 1. The van der Waals surface area contributed by atoms with Gasteiger partial charge in [0.1, 0.15) is 0 Å². The third kappa shape index (κ3) is 3.34. The Morgan fingerprint density at radius 3 is 2.79 bits per heavy atom. The molecule has 0 amide bonds. The second-order valence-corrected chi connectivity index (χ2v) is 4.29. The third-order valence-corrected chi connectivity index (χ3v) is 2.66. The lowest BCUT2D eigenvalue weighted by Gasteiger charge is -2.16. The predicted molar refractivity (Wildman–Crippen MR) is 76.7 cm³/mol. The van der Waals surface area contributed by atoms with E-state index >= 15 is 0 Å². The Hall–Kier alpha value is -2.30. The lowest BCUT2D eigenvalue weighted by molar-refractivity contribution is 0.396. The Balaban J connectivity index is 2.10. The van der Waals surface area contributed by atoms with Crippen LogP contribution in [0.3, 0.4) is 0 Å². The topological polar surface area (TPSA) is 50.3 Å². The third-order valence-electron chi connectivity index (χ3n) is 2.66. The van der Waals surface area contributed by atoms with Crippen molar-refractivity contribution in [2.24, 2.45) is 0 Å². The lowest BCUT2D eigenvalue weighted by atomic mass is 10.3. The Morgan fingerprint density at radius 1 is 1.21 bits per heavy atom. The van der Waals surface area contributed by atoms with Crippen LogP contribution >= 0.6 is 0 Å². The number of hydrogen-bond acceptors (Lipinski definition) is 5. The summed E-state index contributed by atoms with van der Waals surface area (Å²) >= 11 is 0. The van der Waals surface area contributed by atoms with E-state index in [2.05, 4.69) is 15.3 Å². The molecule has 0 spiro atoms. The minimum absolute atomic E-state index is 0.623. The maximum Gasteiger partial charge on any atom is 0.213 e. The number of anilines is 2. The van der Waals surface area contributed by atoms with Crippen LogP contribution in [0.5, 0.6) is 5.88 Å². The van der Waals surface area contributed by atoms with Gasteiger partial charge in [0, 0.05) is 26.4 Å². The number of methoxy groups -OCH3 is 1. The smallest absolute Gasteiger partial charge is 0.213 e. The van der Waals surface area contributed by atoms with Crippen LogP contribution in [-0.4, -0.2) is 31.2 Å². The quantitative estimate of drug-likeness (QED) is 0.890. The fraction of sp³-hybridized carbons (Fsp3) is 0.286. The van der Waals surface area contributed by atoms with Crippen molar-refractivity contribution in [1.29, 1.82) is 0 Å². The standard InChI is InChI=1S/C14H18N4O/c1-18(2)14-12(7-5-9-15-14)16-10-11-6-4-8-13(17-11)19-3/h4-9,16H,10H2,1-3H3. The first-order chi connectivity index (χ1) is 9.20. The molecule has 0 aliphatic rings. The molecule has 0 atom stereocenters. The van der Waals surface area contributed by atoms with E-state index < -0.39 is 0 Å². The SMILES string of the molecule is COc1cccc(CNc2cccnc2N(C)C)n1. The molecule has 0 saturated heterocycles. The van der Waals surface area contributed by atoms with Gasteiger partial charge < -0.3 is 15.0 Å². The van der Waals surface area contributed by atoms with Crippen LogP contribution in [0.15, 0.2) is 36.5 Å². The number of hydrogen-bond donors (Lipinski definition) is 1. The van der Waals surface area contributed by atoms with Crippen molar-refractivity contribution in [2.45, 2.75) is 6.54 Å². The molecule has 5 nitrogen and oxygen atoms in total. The number of rotatable bonds is 5. The zero-order valence-corrected chi connectivity index (χ0v) is 11.4. The van der Waals surface area contributed by atoms with Gasteiger partial charge in [0.25, 0.3) is 0 Å². The van der Waals surface area contributed by atoms with Crippen molar-refractivity contribution in [1.82, 2.24) is 9.97 Å². The molecule has 0 fully saturated rings. The normalized spacial score (nSPS) is 10.1. The zero-order chi connectivity index (χ0) is 13.7. The molecule has 0 aromatic carbocycles. The second kappa shape index (κ2) is 6.04. The van der Waals surface area contributed by atoms with E-state index in [1.165, 1.54) is 0 Å². The molecule has 2 heterocycles. The van der Waals surface area contributed by atoms with Crippen molar-refractivity contribution in [3.05, 3.63) is 42.2 Å². The number of pyridine rings is 2. The van der Waals surface area contributed by atoms with Gasteiger partial charge in [-0.15, -0.1) is 0 Å². The fourth-order valence-electron chi connectivity index (χ4n) is 1.75. The van der Waals surface area contributed by atoms with Gasteiger partial charge >= 0.3 is 0 Å². The molecule has 2 rings (SSSR count). The second-order valence-electron chi connectivity index (χ2n) is 4.29. The summed E-state index contributed by atoms with van der Waals surface area (Å²) in [5, 5.41) is 3.34. The van der Waals surface area contributed by atoms with Crippen LogP contribution in [0.1, 0.15) is 5.69 Å². The summed E-state index contributed by atoms with van der Waals surface area (Å²) in [6.07, 6.45) is 1.78. The molecule has 0 aliphatic carbocycles. The van der Waals surface area contributed by atoms with Crippen LogP contribution in [0.25, 0.3) is 0 Å². The molecule has 5 heteroatoms. The summed E-state index contributed by atoms with van der Waals surface area (Å²) in [7, 11) is 5.55. The van der Waals surface area contributed by atoms with E-state index in [0.717, 1.165) is 17.2 Å². The summed E-state index contributed by atoms with van der Waals surface area (Å²) in [5.74, 6) is 1.53. The lowest BCUT2D eigenvalue weighted by Crippen LogP contribution is -2.14. The molecule has 0 aliphatic heterocycles. The van der Waals surface area contributed by atoms with Crippen LogP contribution in [0, 0.1) is 0 Å². The van der Waals surface area contributed by atoms with Gasteiger partial charge in [0.2, 0.25) is 5.88 Å². The first kappa shape index (κ1) is 13.1. The van der Waals surface area contributed by atoms with Crippen molar-refractivity contribution in [3.8, 4) is 5.88 Å². The first-order valence-corrected chi connectivity index (χ1v) is 6.07. The van der Waals surface area contributed by atoms with Crippen molar-refractivity contribution in [2.75, 3.05) is 31.4 Å². The average Bonchev–Trinajstić information content (AvgIpc) is 2.45. The summed E-state index contributed by atoms with van der Waals surface area (Å²) in [6, 6.07) is 9.63. The van der Waals surface area contributed by atoms with Gasteiger partial charge in [-0.3, -0.25) is 0 Å². The van der Waals surface area contributed by atoms with Crippen molar-refractivity contribution in [3.63, 3.8) is 0 Å². The van der Waals surface area contributed by atoms with E-state index in [4.69, 9.17) is 4.74 Å². The Labute approximate surface area is 113 Å². The maximum atomic E-state index is 5.11. The molecule has 2 aromatic rings. The molecule has 19 heavy (non-hydrogen) atoms.